The molecule has 2 bridgehead atoms. The van der Waals surface area contributed by atoms with Crippen LogP contribution in [-0.2, 0) is 12.7 Å². The highest BCUT2D eigenvalue weighted by molar-refractivity contribution is 6.34. The van der Waals surface area contributed by atoms with Crippen molar-refractivity contribution in [1.82, 2.24) is 24.6 Å². The van der Waals surface area contributed by atoms with E-state index < -0.39 is 22.7 Å². The number of fused-ring (bicyclic) bond motifs is 4. The van der Waals surface area contributed by atoms with Gasteiger partial charge in [-0.05, 0) is 43.5 Å². The number of alkyl halides is 3. The predicted octanol–water partition coefficient (Wildman–Crippen LogP) is 4.76. The minimum Gasteiger partial charge on any atom is -0.324 e. The highest BCUT2D eigenvalue weighted by Crippen LogP contribution is 2.42. The van der Waals surface area contributed by atoms with Crippen molar-refractivity contribution in [3.05, 3.63) is 64.6 Å². The minimum atomic E-state index is -4.64. The zero-order valence-electron chi connectivity index (χ0n) is 16.2. The van der Waals surface area contributed by atoms with Gasteiger partial charge in [0, 0.05) is 12.7 Å². The first-order valence-corrected chi connectivity index (χ1v) is 10.3. The van der Waals surface area contributed by atoms with Crippen molar-refractivity contribution < 1.29 is 18.0 Å². The summed E-state index contributed by atoms with van der Waals surface area (Å²) in [5.74, 6) is 0.726. The summed E-state index contributed by atoms with van der Waals surface area (Å²) in [5.41, 5.74) is -0.478. The number of rotatable bonds is 2. The van der Waals surface area contributed by atoms with E-state index in [0.29, 0.717) is 30.3 Å². The second-order valence-electron chi connectivity index (χ2n) is 7.69. The molecule has 160 valence electrons. The van der Waals surface area contributed by atoms with Gasteiger partial charge in [0.05, 0.1) is 28.2 Å². The molecule has 0 saturated carbocycles. The molecule has 2 aromatic heterocycles. The van der Waals surface area contributed by atoms with E-state index in [9.17, 15) is 18.0 Å². The lowest BCUT2D eigenvalue weighted by Gasteiger charge is -2.45. The third-order valence-corrected chi connectivity index (χ3v) is 6.29. The monoisotopic (exact) mass is 447 g/mol. The van der Waals surface area contributed by atoms with Crippen LogP contribution in [0.5, 0.6) is 0 Å². The molecule has 0 N–H and O–H groups in total. The molecule has 10 heteroatoms. The molecule has 3 aromatic rings. The lowest BCUT2D eigenvalue weighted by Crippen LogP contribution is -2.52. The van der Waals surface area contributed by atoms with Crippen LogP contribution < -0.4 is 0 Å². The number of aromatic nitrogens is 4. The molecule has 31 heavy (non-hydrogen) atoms. The number of amides is 1. The van der Waals surface area contributed by atoms with Crippen LogP contribution in [-0.4, -0.2) is 36.6 Å². The fourth-order valence-corrected chi connectivity index (χ4v) is 4.83. The van der Waals surface area contributed by atoms with Crippen molar-refractivity contribution >= 4 is 17.5 Å². The van der Waals surface area contributed by atoms with E-state index in [1.807, 2.05) is 22.8 Å². The average Bonchev–Trinajstić information content (AvgIpc) is 3.16. The van der Waals surface area contributed by atoms with Gasteiger partial charge in [-0.2, -0.15) is 13.2 Å². The molecule has 0 spiro atoms. The fourth-order valence-electron chi connectivity index (χ4n) is 4.51. The fraction of sp³-hybridized carbons (Fsp3) is 0.333. The standard InChI is InChI=1S/C21H17ClF3N5O/c22-17-13(6-4-7-14(17)21(23,24)25)20(31)30-12-5-3-9-16(30)19-28-27-18(29(19)11-12)15-8-1-2-10-26-15/h1-2,4,6-8,10,12,16H,3,5,9,11H2/t12-,16+/m1/s1. The first-order valence-electron chi connectivity index (χ1n) is 9.89. The molecular weight excluding hydrogens is 431 g/mol. The first-order chi connectivity index (χ1) is 14.9. The Bertz CT molecular complexity index is 1150. The molecule has 0 aliphatic carbocycles. The number of halogens is 4. The van der Waals surface area contributed by atoms with Gasteiger partial charge in [-0.15, -0.1) is 10.2 Å². The van der Waals surface area contributed by atoms with Crippen LogP contribution in [0, 0.1) is 0 Å². The Balaban J connectivity index is 1.55. The van der Waals surface area contributed by atoms with Crippen molar-refractivity contribution in [3.63, 3.8) is 0 Å². The zero-order chi connectivity index (χ0) is 21.8. The van der Waals surface area contributed by atoms with E-state index in [-0.39, 0.29) is 17.6 Å². The van der Waals surface area contributed by atoms with E-state index in [1.165, 1.54) is 12.1 Å². The summed E-state index contributed by atoms with van der Waals surface area (Å²) in [6.45, 7) is 0.451. The highest BCUT2D eigenvalue weighted by atomic mass is 35.5. The Hall–Kier alpha value is -2.94. The molecule has 2 aliphatic rings. The van der Waals surface area contributed by atoms with Crippen LogP contribution in [0.2, 0.25) is 5.02 Å². The Morgan fingerprint density at radius 2 is 1.94 bits per heavy atom. The number of hydrogen-bond donors (Lipinski definition) is 0. The summed E-state index contributed by atoms with van der Waals surface area (Å²) >= 11 is 6.04. The molecule has 1 amide bonds. The van der Waals surface area contributed by atoms with Gasteiger partial charge in [0.15, 0.2) is 11.6 Å². The number of benzene rings is 1. The molecule has 6 nitrogen and oxygen atoms in total. The van der Waals surface area contributed by atoms with Crippen molar-refractivity contribution in [2.45, 2.75) is 44.1 Å². The molecular formula is C21H17ClF3N5O. The van der Waals surface area contributed by atoms with Crippen LogP contribution in [0.4, 0.5) is 13.2 Å². The number of piperidine rings is 1. The maximum Gasteiger partial charge on any atom is 0.417 e. The van der Waals surface area contributed by atoms with Crippen molar-refractivity contribution in [3.8, 4) is 11.5 Å². The van der Waals surface area contributed by atoms with Gasteiger partial charge in [0.25, 0.3) is 5.91 Å². The van der Waals surface area contributed by atoms with Crippen molar-refractivity contribution in [2.75, 3.05) is 0 Å². The molecule has 2 atom stereocenters. The number of hydrogen-bond acceptors (Lipinski definition) is 4. The average molecular weight is 448 g/mol. The molecule has 1 aromatic carbocycles. The SMILES string of the molecule is O=C(c1cccc(C(F)(F)F)c1Cl)N1[C@@H]2CCC[C@H]1c1nnc(-c3ccccn3)n1C2. The Morgan fingerprint density at radius 3 is 2.68 bits per heavy atom. The van der Waals surface area contributed by atoms with Crippen LogP contribution in [0.1, 0.15) is 47.1 Å². The van der Waals surface area contributed by atoms with Gasteiger partial charge in [-0.1, -0.05) is 23.7 Å². The topological polar surface area (TPSA) is 63.9 Å². The molecule has 2 aliphatic heterocycles. The Morgan fingerprint density at radius 1 is 1.10 bits per heavy atom. The summed E-state index contributed by atoms with van der Waals surface area (Å²) in [7, 11) is 0. The smallest absolute Gasteiger partial charge is 0.324 e. The quantitative estimate of drug-likeness (QED) is 0.568. The maximum atomic E-state index is 13.4. The predicted molar refractivity (Wildman–Crippen MR) is 106 cm³/mol. The Labute approximate surface area is 180 Å². The first kappa shape index (κ1) is 20.0. The Kier molecular flexibility index (Phi) is 4.73. The molecule has 0 radical (unpaired) electrons. The highest BCUT2D eigenvalue weighted by Gasteiger charge is 2.44. The summed E-state index contributed by atoms with van der Waals surface area (Å²) in [5, 5.41) is 8.05. The van der Waals surface area contributed by atoms with Gasteiger partial charge >= 0.3 is 6.18 Å². The van der Waals surface area contributed by atoms with Crippen molar-refractivity contribution in [2.24, 2.45) is 0 Å². The molecule has 5 rings (SSSR count). The zero-order valence-corrected chi connectivity index (χ0v) is 16.9. The largest absolute Gasteiger partial charge is 0.417 e. The summed E-state index contributed by atoms with van der Waals surface area (Å²) < 4.78 is 41.8. The van der Waals surface area contributed by atoms with Crippen LogP contribution >= 0.6 is 11.6 Å². The van der Waals surface area contributed by atoms with Gasteiger partial charge in [-0.25, -0.2) is 0 Å². The lowest BCUT2D eigenvalue weighted by molar-refractivity contribution is -0.137. The number of nitrogens with zero attached hydrogens (tertiary/aromatic N) is 5. The van der Waals surface area contributed by atoms with Gasteiger partial charge in [0.1, 0.15) is 5.69 Å². The third-order valence-electron chi connectivity index (χ3n) is 5.88. The van der Waals surface area contributed by atoms with Crippen LogP contribution in [0.25, 0.3) is 11.5 Å². The van der Waals surface area contributed by atoms with Crippen LogP contribution in [0.3, 0.4) is 0 Å². The third kappa shape index (κ3) is 3.27. The molecule has 4 heterocycles. The maximum absolute atomic E-state index is 13.4. The van der Waals surface area contributed by atoms with E-state index in [1.54, 1.807) is 11.1 Å². The summed E-state index contributed by atoms with van der Waals surface area (Å²) in [6.07, 6.45) is -0.687. The molecule has 1 fully saturated rings. The lowest BCUT2D eigenvalue weighted by atomic mass is 9.90. The second-order valence-corrected chi connectivity index (χ2v) is 8.06. The summed E-state index contributed by atoms with van der Waals surface area (Å²) in [6, 6.07) is 8.37. The van der Waals surface area contributed by atoms with Gasteiger partial charge in [0.2, 0.25) is 0 Å². The van der Waals surface area contributed by atoms with E-state index in [2.05, 4.69) is 15.2 Å². The number of pyridine rings is 1. The summed E-state index contributed by atoms with van der Waals surface area (Å²) in [4.78, 5) is 19.4. The van der Waals surface area contributed by atoms with Gasteiger partial charge in [-0.3, -0.25) is 9.78 Å². The number of carbonyl (C=O) groups is 1. The molecule has 1 saturated heterocycles. The van der Waals surface area contributed by atoms with E-state index in [4.69, 9.17) is 11.6 Å². The van der Waals surface area contributed by atoms with E-state index >= 15 is 0 Å². The van der Waals surface area contributed by atoms with Crippen LogP contribution in [0.15, 0.2) is 42.6 Å². The van der Waals surface area contributed by atoms with Crippen molar-refractivity contribution in [1.29, 1.82) is 0 Å². The van der Waals surface area contributed by atoms with E-state index in [0.717, 1.165) is 18.9 Å². The molecule has 0 unspecified atom stereocenters. The number of carbonyl (C=O) groups excluding carboxylic acids is 1. The van der Waals surface area contributed by atoms with Gasteiger partial charge < -0.3 is 9.47 Å². The second kappa shape index (κ2) is 7.33. The normalized spacial score (nSPS) is 20.5. The minimum absolute atomic E-state index is 0.147.